The highest BCUT2D eigenvalue weighted by molar-refractivity contribution is 9.10. The molecule has 1 atom stereocenters. The molecule has 0 fully saturated rings. The molecule has 6 heteroatoms. The zero-order valence-corrected chi connectivity index (χ0v) is 12.3. The number of nitrogens with zero attached hydrogens (tertiary/aromatic N) is 1. The van der Waals surface area contributed by atoms with Crippen molar-refractivity contribution < 1.29 is 13.5 Å². The van der Waals surface area contributed by atoms with Crippen molar-refractivity contribution in [2.24, 2.45) is 0 Å². The molecule has 0 radical (unpaired) electrons. The third-order valence-electron chi connectivity index (χ3n) is 2.67. The van der Waals surface area contributed by atoms with Crippen molar-refractivity contribution in [2.75, 3.05) is 5.32 Å². The Morgan fingerprint density at radius 2 is 2.05 bits per heavy atom. The van der Waals surface area contributed by atoms with E-state index in [0.717, 1.165) is 15.7 Å². The molecule has 0 bridgehead atoms. The molecule has 1 aromatic heterocycles. The minimum absolute atomic E-state index is 0.0627. The van der Waals surface area contributed by atoms with Crippen LogP contribution >= 0.6 is 15.9 Å². The van der Waals surface area contributed by atoms with Crippen molar-refractivity contribution in [1.29, 1.82) is 0 Å². The number of nitrogens with one attached hydrogen (secondary N) is 1. The number of alkyl halides is 2. The number of anilines is 1. The number of benzene rings is 1. The van der Waals surface area contributed by atoms with Crippen LogP contribution in [0.1, 0.15) is 18.5 Å². The Morgan fingerprint density at radius 1 is 1.25 bits per heavy atom. The molecule has 20 heavy (non-hydrogen) atoms. The van der Waals surface area contributed by atoms with E-state index in [0.29, 0.717) is 0 Å². The van der Waals surface area contributed by atoms with E-state index in [1.165, 1.54) is 6.07 Å². The fraction of sp³-hybridized carbons (Fsp3) is 0.214. The minimum Gasteiger partial charge on any atom is -0.435 e. The quantitative estimate of drug-likeness (QED) is 0.860. The zero-order valence-electron chi connectivity index (χ0n) is 10.7. The number of aromatic nitrogens is 1. The smallest absolute Gasteiger partial charge is 0.387 e. The molecule has 1 unspecified atom stereocenters. The normalized spacial score (nSPS) is 12.2. The highest BCUT2D eigenvalue weighted by Crippen LogP contribution is 2.24. The lowest BCUT2D eigenvalue weighted by atomic mass is 10.1. The second kappa shape index (κ2) is 6.65. The average Bonchev–Trinajstić information content (AvgIpc) is 2.38. The summed E-state index contributed by atoms with van der Waals surface area (Å²) in [5.74, 6) is 0.151. The molecule has 0 saturated heterocycles. The Balaban J connectivity index is 2.10. The third kappa shape index (κ3) is 4.16. The lowest BCUT2D eigenvalue weighted by Gasteiger charge is -2.16. The van der Waals surface area contributed by atoms with Gasteiger partial charge in [-0.2, -0.15) is 8.78 Å². The van der Waals surface area contributed by atoms with Crippen LogP contribution in [0.3, 0.4) is 0 Å². The van der Waals surface area contributed by atoms with Crippen LogP contribution < -0.4 is 10.1 Å². The van der Waals surface area contributed by atoms with E-state index in [4.69, 9.17) is 0 Å². The second-order valence-electron chi connectivity index (χ2n) is 4.21. The Morgan fingerprint density at radius 3 is 2.75 bits per heavy atom. The van der Waals surface area contributed by atoms with Crippen LogP contribution in [0.25, 0.3) is 0 Å². The zero-order chi connectivity index (χ0) is 14.5. The molecule has 0 spiro atoms. The molecule has 1 aromatic carbocycles. The molecule has 0 aliphatic heterocycles. The van der Waals surface area contributed by atoms with Gasteiger partial charge in [0.25, 0.3) is 0 Å². The number of hydrogen-bond donors (Lipinski definition) is 1. The van der Waals surface area contributed by atoms with Crippen LogP contribution in [-0.2, 0) is 0 Å². The van der Waals surface area contributed by atoms with Gasteiger partial charge in [-0.3, -0.25) is 4.98 Å². The molecule has 1 heterocycles. The summed E-state index contributed by atoms with van der Waals surface area (Å²) in [6, 6.07) is 8.46. The number of pyridine rings is 1. The monoisotopic (exact) mass is 342 g/mol. The van der Waals surface area contributed by atoms with Gasteiger partial charge in [0.05, 0.1) is 11.9 Å². The van der Waals surface area contributed by atoms with Crippen molar-refractivity contribution in [1.82, 2.24) is 4.98 Å². The molecule has 106 valence electrons. The maximum absolute atomic E-state index is 12.2. The maximum atomic E-state index is 12.2. The first-order chi connectivity index (χ1) is 9.54. The van der Waals surface area contributed by atoms with Gasteiger partial charge in [0.2, 0.25) is 0 Å². The average molecular weight is 343 g/mol. The summed E-state index contributed by atoms with van der Waals surface area (Å²) in [7, 11) is 0. The van der Waals surface area contributed by atoms with Crippen LogP contribution in [-0.4, -0.2) is 11.6 Å². The van der Waals surface area contributed by atoms with Crippen molar-refractivity contribution in [3.8, 4) is 5.75 Å². The summed E-state index contributed by atoms with van der Waals surface area (Å²) in [6.45, 7) is -0.884. The number of ether oxygens (including phenoxy) is 1. The first kappa shape index (κ1) is 14.7. The molecule has 0 aliphatic carbocycles. The number of hydrogen-bond acceptors (Lipinski definition) is 3. The minimum atomic E-state index is -2.82. The predicted molar refractivity (Wildman–Crippen MR) is 77.0 cm³/mol. The number of rotatable bonds is 5. The molecule has 0 saturated carbocycles. The van der Waals surface area contributed by atoms with Crippen LogP contribution in [0.4, 0.5) is 14.5 Å². The summed E-state index contributed by atoms with van der Waals surface area (Å²) in [4.78, 5) is 4.05. The predicted octanol–water partition coefficient (Wildman–Crippen LogP) is 4.62. The van der Waals surface area contributed by atoms with Crippen molar-refractivity contribution in [3.05, 3.63) is 52.8 Å². The van der Waals surface area contributed by atoms with Gasteiger partial charge in [-0.15, -0.1) is 0 Å². The lowest BCUT2D eigenvalue weighted by molar-refractivity contribution is -0.0498. The van der Waals surface area contributed by atoms with E-state index in [-0.39, 0.29) is 11.8 Å². The Bertz CT molecular complexity index is 581. The van der Waals surface area contributed by atoms with Gasteiger partial charge in [-0.05, 0) is 46.6 Å². The second-order valence-corrected chi connectivity index (χ2v) is 5.12. The van der Waals surface area contributed by atoms with Gasteiger partial charge in [0.1, 0.15) is 5.75 Å². The fourth-order valence-corrected chi connectivity index (χ4v) is 2.15. The Hall–Kier alpha value is -1.69. The fourth-order valence-electron chi connectivity index (χ4n) is 1.78. The lowest BCUT2D eigenvalue weighted by Crippen LogP contribution is -2.08. The van der Waals surface area contributed by atoms with Crippen LogP contribution in [0.15, 0.2) is 47.2 Å². The van der Waals surface area contributed by atoms with Crippen molar-refractivity contribution in [3.63, 3.8) is 0 Å². The summed E-state index contributed by atoms with van der Waals surface area (Å²) in [6.07, 6.45) is 3.38. The molecule has 2 aromatic rings. The molecule has 2 rings (SSSR count). The van der Waals surface area contributed by atoms with E-state index >= 15 is 0 Å². The third-order valence-corrected chi connectivity index (χ3v) is 3.10. The van der Waals surface area contributed by atoms with E-state index in [9.17, 15) is 8.78 Å². The molecular formula is C14H13BrF2N2O. The molecular weight excluding hydrogens is 330 g/mol. The van der Waals surface area contributed by atoms with Crippen LogP contribution in [0.2, 0.25) is 0 Å². The van der Waals surface area contributed by atoms with Gasteiger partial charge in [0.15, 0.2) is 0 Å². The van der Waals surface area contributed by atoms with E-state index in [1.807, 2.05) is 19.1 Å². The van der Waals surface area contributed by atoms with E-state index in [2.05, 4.69) is 31.0 Å². The van der Waals surface area contributed by atoms with Crippen molar-refractivity contribution >= 4 is 21.6 Å². The molecule has 3 nitrogen and oxygen atoms in total. The highest BCUT2D eigenvalue weighted by atomic mass is 79.9. The highest BCUT2D eigenvalue weighted by Gasteiger charge is 2.09. The van der Waals surface area contributed by atoms with E-state index in [1.54, 1.807) is 24.5 Å². The summed E-state index contributed by atoms with van der Waals surface area (Å²) in [5.41, 5.74) is 1.69. The SMILES string of the molecule is CC(Nc1cncc(Br)c1)c1cccc(OC(F)F)c1. The van der Waals surface area contributed by atoms with Gasteiger partial charge in [-0.25, -0.2) is 0 Å². The molecule has 1 N–H and O–H groups in total. The first-order valence-corrected chi connectivity index (χ1v) is 6.76. The molecule has 0 aliphatic rings. The van der Waals surface area contributed by atoms with Gasteiger partial charge >= 0.3 is 6.61 Å². The van der Waals surface area contributed by atoms with E-state index < -0.39 is 6.61 Å². The van der Waals surface area contributed by atoms with Gasteiger partial charge < -0.3 is 10.1 Å². The van der Waals surface area contributed by atoms with Crippen LogP contribution in [0, 0.1) is 0 Å². The van der Waals surface area contributed by atoms with Crippen LogP contribution in [0.5, 0.6) is 5.75 Å². The largest absolute Gasteiger partial charge is 0.435 e. The summed E-state index contributed by atoms with van der Waals surface area (Å²) in [5, 5.41) is 3.24. The summed E-state index contributed by atoms with van der Waals surface area (Å²) >= 11 is 3.34. The number of halogens is 3. The maximum Gasteiger partial charge on any atom is 0.387 e. The standard InChI is InChI=1S/C14H13BrF2N2O/c1-9(19-12-6-11(15)7-18-8-12)10-3-2-4-13(5-10)20-14(16)17/h2-9,14,19H,1H3. The van der Waals surface area contributed by atoms with Crippen molar-refractivity contribution in [2.45, 2.75) is 19.6 Å². The topological polar surface area (TPSA) is 34.2 Å². The van der Waals surface area contributed by atoms with Gasteiger partial charge in [-0.1, -0.05) is 12.1 Å². The molecule has 0 amide bonds. The van der Waals surface area contributed by atoms with Gasteiger partial charge in [0, 0.05) is 16.7 Å². The summed E-state index contributed by atoms with van der Waals surface area (Å²) < 4.78 is 29.6. The first-order valence-electron chi connectivity index (χ1n) is 5.96. The Labute approximate surface area is 124 Å². The Kier molecular flexibility index (Phi) is 4.89.